The van der Waals surface area contributed by atoms with Crippen LogP contribution in [0.3, 0.4) is 0 Å². The first-order valence-corrected chi connectivity index (χ1v) is 48.1. The lowest BCUT2D eigenvalue weighted by molar-refractivity contribution is 0.154. The van der Waals surface area contributed by atoms with Gasteiger partial charge in [0.15, 0.2) is 34.5 Å². The Kier molecular flexibility index (Phi) is 32.9. The standard InChI is InChI=1S/C33H54N8O2.C32H43FN6O2.C31H46N8O2/c1-37-16-18-39(19-17-37)14-7-11-34-33-35-29-26-31(43-24-8-15-38-12-5-6-13-38)30(42-2)25-28(29)32(36-33)41-22-20-40(21-23-41)27-9-3-4-10-27;1-40-29-21-27-28(22-30(29)41-20-6-15-37-13-4-5-14-37)35-32(34-23-24-9-11-25(33)12-10-24)36-31(27)39-18-16-38(17-19-39)26-7-2-3-8-26;1-40-28-22-26-27(23-29(28)41-21-7-15-36-12-4-5-13-36)34-31(33-10-6-14-37-16-11-32-24-37)35-30(26)39-19-17-38(18-20-39)25-8-2-3-9-25/h25-27H,3-24H2,1-2H3,(H,34,35,36);9-12,21-22,26H,2-8,13-20,23H2,1H3,(H,34,35,36);11,16,22-25H,2-10,12-15,17-21H2,1H3,(H,33,34,35). The number of halogens is 1. The van der Waals surface area contributed by atoms with Gasteiger partial charge < -0.3 is 88.1 Å². The van der Waals surface area contributed by atoms with Gasteiger partial charge in [-0.25, -0.2) is 24.3 Å². The average molecular weight is 1720 g/mol. The zero-order valence-electron chi connectivity index (χ0n) is 75.7. The topological polar surface area (TPSA) is 222 Å². The Balaban J connectivity index is 0.000000138. The van der Waals surface area contributed by atoms with Gasteiger partial charge in [0, 0.05) is 215 Å². The Bertz CT molecular complexity index is 4580. The molecule has 3 N–H and O–H groups in total. The highest BCUT2D eigenvalue weighted by atomic mass is 19.1. The van der Waals surface area contributed by atoms with Crippen molar-refractivity contribution in [3.8, 4) is 34.5 Å². The highest BCUT2D eigenvalue weighted by Crippen LogP contribution is 2.42. The lowest BCUT2D eigenvalue weighted by atomic mass is 10.1. The van der Waals surface area contributed by atoms with Crippen LogP contribution in [0.2, 0.25) is 0 Å². The molecule has 28 nitrogen and oxygen atoms in total. The highest BCUT2D eigenvalue weighted by molar-refractivity contribution is 5.95. The van der Waals surface area contributed by atoms with Gasteiger partial charge in [-0.15, -0.1) is 0 Å². The van der Waals surface area contributed by atoms with Crippen molar-refractivity contribution in [1.29, 1.82) is 0 Å². The van der Waals surface area contributed by atoms with E-state index in [2.05, 4.69) is 105 Å². The van der Waals surface area contributed by atoms with Crippen molar-refractivity contribution >= 4 is 68.0 Å². The third-order valence-corrected chi connectivity index (χ3v) is 27.8. The van der Waals surface area contributed by atoms with E-state index in [0.717, 1.165) is 279 Å². The Morgan fingerprint density at radius 1 is 0.360 bits per heavy atom. The molecule has 11 heterocycles. The molecule has 10 fully saturated rings. The Morgan fingerprint density at radius 2 is 0.704 bits per heavy atom. The Hall–Kier alpha value is -8.68. The highest BCUT2D eigenvalue weighted by Gasteiger charge is 2.33. The largest absolute Gasteiger partial charge is 0.493 e. The van der Waals surface area contributed by atoms with Crippen molar-refractivity contribution in [2.24, 2.45) is 0 Å². The molecule has 125 heavy (non-hydrogen) atoms. The molecule has 0 spiro atoms. The summed E-state index contributed by atoms with van der Waals surface area (Å²) < 4.78 is 51.8. The van der Waals surface area contributed by atoms with E-state index in [9.17, 15) is 4.39 Å². The number of likely N-dealkylation sites (N-methyl/N-ethyl adjacent to an activating group) is 1. The summed E-state index contributed by atoms with van der Waals surface area (Å²) in [5.41, 5.74) is 3.60. The van der Waals surface area contributed by atoms with Crippen molar-refractivity contribution in [1.82, 2.24) is 78.7 Å². The smallest absolute Gasteiger partial charge is 0.225 e. The number of hydrogen-bond donors (Lipinski definition) is 3. The first-order valence-electron chi connectivity index (χ1n) is 48.1. The maximum Gasteiger partial charge on any atom is 0.225 e. The average Bonchev–Trinajstić information content (AvgIpc) is 0.972. The first kappa shape index (κ1) is 89.7. The van der Waals surface area contributed by atoms with Crippen LogP contribution in [-0.4, -0.2) is 328 Å². The summed E-state index contributed by atoms with van der Waals surface area (Å²) in [5, 5.41) is 13.5. The SMILES string of the molecule is COc1cc2c(N3CCN(C4CCCC4)CC3)nc(NCCCN3CCN(C)CC3)nc2cc1OCCCN1CCCC1.COc1cc2c(N3CCN(C4CCCC4)CC3)nc(NCCCn3ccnc3)nc2cc1OCCCN1CCCC1.COc1cc2c(N3CCN(C4CCCC4)CC3)nc(NCc3ccc(F)cc3)nc2cc1OCCCN1CCCC1. The number of imidazole rings is 1. The van der Waals surface area contributed by atoms with Gasteiger partial charge in [0.05, 0.1) is 64.0 Å². The monoisotopic (exact) mass is 1720 g/mol. The number of nitrogens with one attached hydrogen (secondary N) is 3. The molecule has 680 valence electrons. The van der Waals surface area contributed by atoms with E-state index in [4.69, 9.17) is 58.3 Å². The van der Waals surface area contributed by atoms with Crippen molar-refractivity contribution in [2.45, 2.75) is 179 Å². The summed E-state index contributed by atoms with van der Waals surface area (Å²) in [6.45, 7) is 33.5. The van der Waals surface area contributed by atoms with E-state index < -0.39 is 0 Å². The van der Waals surface area contributed by atoms with Gasteiger partial charge in [-0.1, -0.05) is 50.7 Å². The van der Waals surface area contributed by atoms with Gasteiger partial charge in [-0.05, 0) is 198 Å². The van der Waals surface area contributed by atoms with Crippen LogP contribution in [0.25, 0.3) is 32.7 Å². The molecule has 3 aliphatic carbocycles. The second kappa shape index (κ2) is 45.8. The van der Waals surface area contributed by atoms with E-state index in [1.807, 2.05) is 36.9 Å². The molecule has 4 aromatic carbocycles. The second-order valence-corrected chi connectivity index (χ2v) is 36.3. The number of rotatable bonds is 37. The first-order chi connectivity index (χ1) is 61.6. The van der Waals surface area contributed by atoms with Crippen LogP contribution in [0.4, 0.5) is 39.7 Å². The Morgan fingerprint density at radius 3 is 1.06 bits per heavy atom. The summed E-state index contributed by atoms with van der Waals surface area (Å²) in [6, 6.07) is 21.1. The number of aromatic nitrogens is 8. The molecule has 7 saturated heterocycles. The van der Waals surface area contributed by atoms with E-state index in [-0.39, 0.29) is 5.82 Å². The van der Waals surface area contributed by atoms with E-state index in [0.29, 0.717) is 55.7 Å². The summed E-state index contributed by atoms with van der Waals surface area (Å²) in [7, 11) is 7.35. The molecule has 18 rings (SSSR count). The van der Waals surface area contributed by atoms with Gasteiger partial charge in [0.25, 0.3) is 0 Å². The predicted molar refractivity (Wildman–Crippen MR) is 500 cm³/mol. The van der Waals surface area contributed by atoms with E-state index in [1.165, 1.54) is 167 Å². The van der Waals surface area contributed by atoms with Crippen LogP contribution in [-0.2, 0) is 13.1 Å². The number of likely N-dealkylation sites (tertiary alicyclic amines) is 3. The number of piperazine rings is 4. The number of ether oxygens (including phenoxy) is 6. The van der Waals surface area contributed by atoms with E-state index >= 15 is 0 Å². The number of benzene rings is 4. The molecule has 0 atom stereocenters. The number of fused-ring (bicyclic) bond motifs is 3. The van der Waals surface area contributed by atoms with Gasteiger partial charge in [0.2, 0.25) is 17.8 Å². The molecule has 0 amide bonds. The van der Waals surface area contributed by atoms with Crippen molar-refractivity contribution in [3.63, 3.8) is 0 Å². The minimum Gasteiger partial charge on any atom is -0.493 e. The number of methoxy groups -OCH3 is 3. The Labute approximate surface area is 741 Å². The van der Waals surface area contributed by atoms with Crippen LogP contribution in [0, 0.1) is 5.82 Å². The third-order valence-electron chi connectivity index (χ3n) is 27.8. The maximum absolute atomic E-state index is 13.4. The van der Waals surface area contributed by atoms with Crippen LogP contribution in [0.1, 0.15) is 153 Å². The quantitative estimate of drug-likeness (QED) is 0.0308. The van der Waals surface area contributed by atoms with Crippen molar-refractivity contribution in [2.75, 3.05) is 262 Å². The van der Waals surface area contributed by atoms with Crippen LogP contribution in [0.15, 0.2) is 79.4 Å². The molecule has 29 heteroatoms. The minimum atomic E-state index is -0.239. The maximum atomic E-state index is 13.4. The molecule has 7 aliphatic heterocycles. The number of nitrogens with zero attached hydrogens (tertiary/aromatic N) is 19. The lowest BCUT2D eigenvalue weighted by Gasteiger charge is -2.39. The molecule has 4 aromatic heterocycles. The van der Waals surface area contributed by atoms with Crippen LogP contribution < -0.4 is 59.1 Å². The normalized spacial score (nSPS) is 19.8. The fourth-order valence-electron chi connectivity index (χ4n) is 20.5. The van der Waals surface area contributed by atoms with Crippen LogP contribution >= 0.6 is 0 Å². The zero-order valence-corrected chi connectivity index (χ0v) is 75.7. The van der Waals surface area contributed by atoms with Gasteiger partial charge >= 0.3 is 0 Å². The summed E-state index contributed by atoms with van der Waals surface area (Å²) in [4.78, 5) is 62.1. The summed E-state index contributed by atoms with van der Waals surface area (Å²) >= 11 is 0. The zero-order chi connectivity index (χ0) is 85.3. The van der Waals surface area contributed by atoms with E-state index in [1.54, 1.807) is 33.5 Å². The minimum absolute atomic E-state index is 0.239. The molecule has 3 saturated carbocycles. The van der Waals surface area contributed by atoms with Gasteiger partial charge in [-0.2, -0.15) is 15.0 Å². The molecule has 0 unspecified atom stereocenters. The summed E-state index contributed by atoms with van der Waals surface area (Å²) in [6.07, 6.45) is 34.9. The van der Waals surface area contributed by atoms with Crippen molar-refractivity contribution < 1.29 is 32.8 Å². The second-order valence-electron chi connectivity index (χ2n) is 36.3. The molecule has 0 bridgehead atoms. The molecule has 0 radical (unpaired) electrons. The molecule has 10 aliphatic rings. The fourth-order valence-corrected chi connectivity index (χ4v) is 20.5. The number of aryl methyl sites for hydroxylation is 1. The number of hydrogen-bond acceptors (Lipinski definition) is 27. The molecular formula is C96H143FN22O6. The lowest BCUT2D eigenvalue weighted by Crippen LogP contribution is -2.50. The number of anilines is 6. The predicted octanol–water partition coefficient (Wildman–Crippen LogP) is 13.2. The van der Waals surface area contributed by atoms with Crippen molar-refractivity contribution in [3.05, 3.63) is 90.8 Å². The van der Waals surface area contributed by atoms with Crippen LogP contribution in [0.5, 0.6) is 34.5 Å². The third kappa shape index (κ3) is 24.8. The van der Waals surface area contributed by atoms with Gasteiger partial charge in [-0.3, -0.25) is 14.7 Å². The molecule has 8 aromatic rings. The fraction of sp³-hybridized carbons (Fsp3) is 0.656. The molecular weight excluding hydrogens is 1580 g/mol. The van der Waals surface area contributed by atoms with Gasteiger partial charge in [0.1, 0.15) is 23.3 Å². The summed E-state index contributed by atoms with van der Waals surface area (Å²) in [5.74, 6) is 9.06.